The lowest BCUT2D eigenvalue weighted by atomic mass is 10.1. The van der Waals surface area contributed by atoms with E-state index in [0.29, 0.717) is 26.2 Å². The van der Waals surface area contributed by atoms with Crippen molar-refractivity contribution in [1.29, 1.82) is 0 Å². The fraction of sp³-hybridized carbons (Fsp3) is 0.474. The van der Waals surface area contributed by atoms with Crippen LogP contribution >= 0.6 is 0 Å². The van der Waals surface area contributed by atoms with E-state index in [1.54, 1.807) is 4.90 Å². The first-order valence-electron chi connectivity index (χ1n) is 8.90. The summed E-state index contributed by atoms with van der Waals surface area (Å²) in [7, 11) is 0. The van der Waals surface area contributed by atoms with E-state index in [4.69, 9.17) is 0 Å². The van der Waals surface area contributed by atoms with Crippen molar-refractivity contribution in [2.45, 2.75) is 33.1 Å². The van der Waals surface area contributed by atoms with Gasteiger partial charge in [0.05, 0.1) is 5.69 Å². The van der Waals surface area contributed by atoms with Crippen LogP contribution in [0, 0.1) is 13.8 Å². The minimum absolute atomic E-state index is 0.248. The molecule has 1 amide bonds. The van der Waals surface area contributed by atoms with Crippen LogP contribution in [-0.2, 0) is 24.1 Å². The van der Waals surface area contributed by atoms with Crippen molar-refractivity contribution in [2.75, 3.05) is 26.2 Å². The highest BCUT2D eigenvalue weighted by Gasteiger charge is 2.36. The van der Waals surface area contributed by atoms with Crippen LogP contribution in [-0.4, -0.2) is 51.7 Å². The van der Waals surface area contributed by atoms with E-state index in [9.17, 15) is 18.0 Å². The van der Waals surface area contributed by atoms with Gasteiger partial charge in [0.15, 0.2) is 0 Å². The molecule has 0 aliphatic carbocycles. The van der Waals surface area contributed by atoms with Crippen molar-refractivity contribution >= 4 is 5.91 Å². The Morgan fingerprint density at radius 3 is 2.44 bits per heavy atom. The Bertz CT molecular complexity index is 808. The van der Waals surface area contributed by atoms with Crippen molar-refractivity contribution in [1.82, 2.24) is 19.6 Å². The number of alkyl halides is 3. The largest absolute Gasteiger partial charge is 0.433 e. The van der Waals surface area contributed by atoms with E-state index in [2.05, 4.69) is 22.1 Å². The molecule has 0 bridgehead atoms. The number of carbonyl (C=O) groups excluding carboxylic acids is 1. The van der Waals surface area contributed by atoms with Gasteiger partial charge in [-0.05, 0) is 25.5 Å². The molecule has 1 aromatic heterocycles. The maximum atomic E-state index is 13.0. The highest BCUT2D eigenvalue weighted by molar-refractivity contribution is 5.76. The average molecular weight is 380 g/mol. The van der Waals surface area contributed by atoms with E-state index >= 15 is 0 Å². The highest BCUT2D eigenvalue weighted by atomic mass is 19.4. The Balaban J connectivity index is 1.56. The van der Waals surface area contributed by atoms with Crippen molar-refractivity contribution in [3.63, 3.8) is 0 Å². The molecule has 2 aromatic rings. The van der Waals surface area contributed by atoms with Crippen LogP contribution in [0.4, 0.5) is 13.2 Å². The van der Waals surface area contributed by atoms with Gasteiger partial charge in [0.25, 0.3) is 0 Å². The van der Waals surface area contributed by atoms with Crippen LogP contribution in [0.5, 0.6) is 0 Å². The van der Waals surface area contributed by atoms with E-state index < -0.39 is 11.9 Å². The second kappa shape index (κ2) is 7.72. The molecule has 3 rings (SSSR count). The second-order valence-corrected chi connectivity index (χ2v) is 6.97. The summed E-state index contributed by atoms with van der Waals surface area (Å²) in [6.45, 7) is 6.36. The van der Waals surface area contributed by atoms with Crippen molar-refractivity contribution < 1.29 is 18.0 Å². The van der Waals surface area contributed by atoms with Crippen molar-refractivity contribution in [3.05, 3.63) is 52.8 Å². The number of hydrogen-bond acceptors (Lipinski definition) is 3. The van der Waals surface area contributed by atoms with Gasteiger partial charge in [0.1, 0.15) is 12.2 Å². The van der Waals surface area contributed by atoms with Gasteiger partial charge in [0, 0.05) is 32.7 Å². The van der Waals surface area contributed by atoms with Crippen LogP contribution in [0.15, 0.2) is 30.3 Å². The monoisotopic (exact) mass is 380 g/mol. The number of piperazine rings is 1. The number of aromatic nitrogens is 2. The van der Waals surface area contributed by atoms with Gasteiger partial charge in [-0.15, -0.1) is 0 Å². The Morgan fingerprint density at radius 2 is 1.81 bits per heavy atom. The molecule has 0 saturated carbocycles. The quantitative estimate of drug-likeness (QED) is 0.819. The number of benzene rings is 1. The third kappa shape index (κ3) is 4.88. The molecule has 1 aromatic carbocycles. The molecule has 1 fully saturated rings. The Hall–Kier alpha value is -2.35. The molecule has 27 heavy (non-hydrogen) atoms. The topological polar surface area (TPSA) is 41.4 Å². The maximum absolute atomic E-state index is 13.0. The third-order valence-electron chi connectivity index (χ3n) is 4.69. The van der Waals surface area contributed by atoms with Gasteiger partial charge in [-0.3, -0.25) is 14.4 Å². The number of amides is 1. The zero-order valence-corrected chi connectivity index (χ0v) is 15.5. The van der Waals surface area contributed by atoms with Gasteiger partial charge in [0.2, 0.25) is 5.91 Å². The molecule has 1 aliphatic heterocycles. The Kier molecular flexibility index (Phi) is 5.55. The fourth-order valence-corrected chi connectivity index (χ4v) is 3.35. The summed E-state index contributed by atoms with van der Waals surface area (Å²) in [6.07, 6.45) is -4.52. The average Bonchev–Trinajstić information content (AvgIpc) is 2.96. The highest BCUT2D eigenvalue weighted by Crippen LogP contribution is 2.29. The predicted octanol–water partition coefficient (Wildman–Crippen LogP) is 2.86. The summed E-state index contributed by atoms with van der Waals surface area (Å²) in [5.41, 5.74) is 1.79. The van der Waals surface area contributed by atoms with Gasteiger partial charge in [-0.1, -0.05) is 29.8 Å². The Labute approximate surface area is 156 Å². The molecular weight excluding hydrogens is 357 g/mol. The van der Waals surface area contributed by atoms with Gasteiger partial charge < -0.3 is 4.90 Å². The van der Waals surface area contributed by atoms with Crippen molar-refractivity contribution in [3.8, 4) is 0 Å². The summed E-state index contributed by atoms with van der Waals surface area (Å²) in [6, 6.07) is 9.24. The number of halogens is 3. The third-order valence-corrected chi connectivity index (χ3v) is 4.69. The van der Waals surface area contributed by atoms with Crippen LogP contribution in [0.1, 0.15) is 22.5 Å². The van der Waals surface area contributed by atoms with Gasteiger partial charge in [-0.25, -0.2) is 0 Å². The normalized spacial score (nSPS) is 16.0. The first-order chi connectivity index (χ1) is 12.7. The SMILES string of the molecule is Cc1cccc(CN2CCN(C(=O)Cn3nc(C)cc3C(F)(F)F)CC2)c1. The number of nitrogens with zero attached hydrogens (tertiary/aromatic N) is 4. The zero-order valence-electron chi connectivity index (χ0n) is 15.5. The minimum atomic E-state index is -4.52. The molecule has 146 valence electrons. The summed E-state index contributed by atoms with van der Waals surface area (Å²) < 4.78 is 39.9. The maximum Gasteiger partial charge on any atom is 0.433 e. The van der Waals surface area contributed by atoms with E-state index in [1.165, 1.54) is 18.1 Å². The molecule has 0 unspecified atom stereocenters. The first kappa shape index (κ1) is 19.4. The van der Waals surface area contributed by atoms with Crippen molar-refractivity contribution in [2.24, 2.45) is 0 Å². The molecule has 0 atom stereocenters. The lowest BCUT2D eigenvalue weighted by molar-refractivity contribution is -0.146. The standard InChI is InChI=1S/C19H23F3N4O/c1-14-4-3-5-16(10-14)12-24-6-8-25(9-7-24)18(27)13-26-17(19(20,21)22)11-15(2)23-26/h3-5,10-11H,6-9,12-13H2,1-2H3. The first-order valence-corrected chi connectivity index (χ1v) is 8.90. The lowest BCUT2D eigenvalue weighted by Crippen LogP contribution is -2.49. The fourth-order valence-electron chi connectivity index (χ4n) is 3.35. The van der Waals surface area contributed by atoms with Crippen LogP contribution in [0.25, 0.3) is 0 Å². The van der Waals surface area contributed by atoms with E-state index in [1.807, 2.05) is 19.1 Å². The number of aryl methyl sites for hydroxylation is 2. The Morgan fingerprint density at radius 1 is 1.11 bits per heavy atom. The van der Waals surface area contributed by atoms with E-state index in [0.717, 1.165) is 17.3 Å². The molecular formula is C19H23F3N4O. The number of rotatable bonds is 4. The number of hydrogen-bond donors (Lipinski definition) is 0. The summed E-state index contributed by atoms with van der Waals surface area (Å²) in [5, 5.41) is 3.83. The molecule has 1 aliphatic rings. The molecule has 0 radical (unpaired) electrons. The van der Waals surface area contributed by atoms with E-state index in [-0.39, 0.29) is 18.1 Å². The summed E-state index contributed by atoms with van der Waals surface area (Å²) in [5.74, 6) is -0.334. The molecule has 1 saturated heterocycles. The zero-order chi connectivity index (χ0) is 19.6. The molecule has 0 N–H and O–H groups in total. The smallest absolute Gasteiger partial charge is 0.339 e. The minimum Gasteiger partial charge on any atom is -0.339 e. The van der Waals surface area contributed by atoms with Crippen LogP contribution in [0.3, 0.4) is 0 Å². The molecule has 8 heteroatoms. The van der Waals surface area contributed by atoms with Crippen LogP contribution < -0.4 is 0 Å². The number of carbonyl (C=O) groups is 1. The molecule has 2 heterocycles. The van der Waals surface area contributed by atoms with Gasteiger partial charge in [-0.2, -0.15) is 18.3 Å². The van der Waals surface area contributed by atoms with Crippen LogP contribution in [0.2, 0.25) is 0 Å². The lowest BCUT2D eigenvalue weighted by Gasteiger charge is -2.35. The van der Waals surface area contributed by atoms with Gasteiger partial charge >= 0.3 is 6.18 Å². The summed E-state index contributed by atoms with van der Waals surface area (Å²) >= 11 is 0. The molecule has 5 nitrogen and oxygen atoms in total. The second-order valence-electron chi connectivity index (χ2n) is 6.97. The summed E-state index contributed by atoms with van der Waals surface area (Å²) in [4.78, 5) is 16.3. The molecule has 0 spiro atoms. The predicted molar refractivity (Wildman–Crippen MR) is 95.0 cm³/mol.